The van der Waals surface area contributed by atoms with E-state index in [1.54, 1.807) is 30.3 Å². The highest BCUT2D eigenvalue weighted by Crippen LogP contribution is 2.36. The summed E-state index contributed by atoms with van der Waals surface area (Å²) in [4.78, 5) is 35.9. The normalized spacial score (nSPS) is 16.5. The zero-order valence-electron chi connectivity index (χ0n) is 14.3. The summed E-state index contributed by atoms with van der Waals surface area (Å²) in [5, 5.41) is 19.1. The van der Waals surface area contributed by atoms with Crippen LogP contribution in [0.1, 0.15) is 12.2 Å². The molecule has 2 heterocycles. The Morgan fingerprint density at radius 2 is 1.97 bits per heavy atom. The number of carbonyl (C=O) groups excluding carboxylic acids is 1. The smallest absolute Gasteiger partial charge is 0.327 e. The van der Waals surface area contributed by atoms with E-state index in [1.165, 1.54) is 6.08 Å². The molecule has 0 aliphatic carbocycles. The van der Waals surface area contributed by atoms with Crippen LogP contribution >= 0.6 is 47.2 Å². The van der Waals surface area contributed by atoms with Gasteiger partial charge in [-0.05, 0) is 30.3 Å². The first-order chi connectivity index (χ1) is 13.7. The molecule has 150 valence electrons. The number of hydrogen-bond acceptors (Lipinski definition) is 6. The van der Waals surface area contributed by atoms with Gasteiger partial charge < -0.3 is 14.6 Å². The molecule has 29 heavy (non-hydrogen) atoms. The molecule has 1 fully saturated rings. The Kier molecular flexibility index (Phi) is 6.33. The van der Waals surface area contributed by atoms with E-state index in [1.807, 2.05) is 0 Å². The van der Waals surface area contributed by atoms with Crippen molar-refractivity contribution in [1.29, 1.82) is 0 Å². The van der Waals surface area contributed by atoms with E-state index in [0.717, 1.165) is 16.7 Å². The van der Waals surface area contributed by atoms with E-state index in [9.17, 15) is 19.5 Å². The topological polar surface area (TPSA) is 108 Å². The van der Waals surface area contributed by atoms with E-state index in [4.69, 9.17) is 44.9 Å². The van der Waals surface area contributed by atoms with Crippen LogP contribution in [0, 0.1) is 0 Å². The lowest BCUT2D eigenvalue weighted by molar-refractivity contribution is -0.150. The lowest BCUT2D eigenvalue weighted by Crippen LogP contribution is -2.45. The molecule has 1 aliphatic heterocycles. The lowest BCUT2D eigenvalue weighted by Gasteiger charge is -2.21. The highest BCUT2D eigenvalue weighted by molar-refractivity contribution is 8.26. The van der Waals surface area contributed by atoms with Gasteiger partial charge in [-0.25, -0.2) is 4.79 Å². The summed E-state index contributed by atoms with van der Waals surface area (Å²) in [6, 6.07) is 6.59. The van der Waals surface area contributed by atoms with Gasteiger partial charge in [-0.1, -0.05) is 47.2 Å². The molecule has 1 unspecified atom stereocenters. The van der Waals surface area contributed by atoms with Crippen molar-refractivity contribution >= 4 is 75.4 Å². The number of carbonyl (C=O) groups is 3. The first kappa shape index (κ1) is 21.4. The molecule has 1 aliphatic rings. The van der Waals surface area contributed by atoms with Gasteiger partial charge in [0.25, 0.3) is 5.91 Å². The number of thioether (sulfide) groups is 1. The molecule has 0 saturated carbocycles. The van der Waals surface area contributed by atoms with Crippen LogP contribution in [0.2, 0.25) is 10.0 Å². The van der Waals surface area contributed by atoms with E-state index in [-0.39, 0.29) is 9.23 Å². The Morgan fingerprint density at radius 1 is 1.24 bits per heavy atom. The average molecular weight is 472 g/mol. The third-order valence-corrected chi connectivity index (χ3v) is 5.76. The monoisotopic (exact) mass is 471 g/mol. The second-order valence-electron chi connectivity index (χ2n) is 5.83. The molecule has 0 radical (unpaired) electrons. The third-order valence-electron chi connectivity index (χ3n) is 3.88. The van der Waals surface area contributed by atoms with Crippen molar-refractivity contribution in [3.8, 4) is 11.3 Å². The number of carboxylic acids is 2. The first-order valence-electron chi connectivity index (χ1n) is 7.94. The van der Waals surface area contributed by atoms with Gasteiger partial charge in [0, 0.05) is 16.7 Å². The van der Waals surface area contributed by atoms with Gasteiger partial charge in [0.2, 0.25) is 0 Å². The Bertz CT molecular complexity index is 1060. The van der Waals surface area contributed by atoms with Crippen molar-refractivity contribution in [3.63, 3.8) is 0 Å². The van der Waals surface area contributed by atoms with Crippen molar-refractivity contribution in [3.05, 3.63) is 51.0 Å². The number of thiocarbonyl (C=S) groups is 1. The molecule has 3 rings (SSSR count). The predicted octanol–water partition coefficient (Wildman–Crippen LogP) is 4.38. The van der Waals surface area contributed by atoms with Gasteiger partial charge in [0.15, 0.2) is 0 Å². The number of nitrogens with zero attached hydrogens (tertiary/aromatic N) is 1. The van der Waals surface area contributed by atoms with Crippen LogP contribution in [-0.2, 0) is 14.4 Å². The van der Waals surface area contributed by atoms with Crippen LogP contribution < -0.4 is 0 Å². The number of rotatable bonds is 6. The molecule has 1 aromatic carbocycles. The molecule has 1 amide bonds. The molecular weight excluding hydrogens is 461 g/mol. The molecule has 2 N–H and O–H groups in total. The minimum absolute atomic E-state index is 0.0394. The Labute approximate surface area is 183 Å². The van der Waals surface area contributed by atoms with Crippen molar-refractivity contribution in [2.75, 3.05) is 0 Å². The number of furan rings is 1. The van der Waals surface area contributed by atoms with Crippen molar-refractivity contribution in [1.82, 2.24) is 4.90 Å². The Hall–Kier alpha value is -2.33. The van der Waals surface area contributed by atoms with Crippen LogP contribution in [0.4, 0.5) is 0 Å². The van der Waals surface area contributed by atoms with E-state index in [2.05, 4.69) is 0 Å². The fraction of sp³-hybridized carbons (Fsp3) is 0.111. The van der Waals surface area contributed by atoms with Crippen molar-refractivity contribution < 1.29 is 29.0 Å². The maximum Gasteiger partial charge on any atom is 0.327 e. The van der Waals surface area contributed by atoms with E-state index >= 15 is 0 Å². The van der Waals surface area contributed by atoms with E-state index < -0.39 is 30.3 Å². The van der Waals surface area contributed by atoms with Gasteiger partial charge >= 0.3 is 11.9 Å². The number of hydrogen-bond donors (Lipinski definition) is 2. The fourth-order valence-electron chi connectivity index (χ4n) is 2.60. The zero-order valence-corrected chi connectivity index (χ0v) is 17.4. The lowest BCUT2D eigenvalue weighted by atomic mass is 10.2. The summed E-state index contributed by atoms with van der Waals surface area (Å²) < 4.78 is 5.66. The summed E-state index contributed by atoms with van der Waals surface area (Å²) in [6.45, 7) is 0. The standard InChI is InChI=1S/C18H11Cl2NO6S2/c19-8-1-3-10(11(20)5-8)13-4-2-9(27-13)6-14-16(24)21(18(28)29-14)12(17(25)26)7-15(22)23/h1-6,12H,7H2,(H,22,23)(H,25,26)/b14-6-. The van der Waals surface area contributed by atoms with Crippen LogP contribution in [-0.4, -0.2) is 43.3 Å². The minimum Gasteiger partial charge on any atom is -0.481 e. The van der Waals surface area contributed by atoms with Crippen LogP contribution in [0.3, 0.4) is 0 Å². The summed E-state index contributed by atoms with van der Waals surface area (Å²) in [6.07, 6.45) is 0.640. The quantitative estimate of drug-likeness (QED) is 0.471. The third kappa shape index (κ3) is 4.64. The van der Waals surface area contributed by atoms with Crippen LogP contribution in [0.25, 0.3) is 17.4 Å². The molecule has 0 spiro atoms. The predicted molar refractivity (Wildman–Crippen MR) is 113 cm³/mol. The second kappa shape index (κ2) is 8.58. The number of carboxylic acid groups (broad SMARTS) is 2. The molecule has 0 bridgehead atoms. The van der Waals surface area contributed by atoms with Crippen LogP contribution in [0.15, 0.2) is 39.7 Å². The van der Waals surface area contributed by atoms with E-state index in [0.29, 0.717) is 27.1 Å². The molecule has 1 saturated heterocycles. The second-order valence-corrected chi connectivity index (χ2v) is 8.35. The minimum atomic E-state index is -1.59. The molecule has 7 nitrogen and oxygen atoms in total. The number of aliphatic carboxylic acids is 2. The molecule has 2 aromatic rings. The summed E-state index contributed by atoms with van der Waals surface area (Å²) >= 11 is 18.0. The molecule has 11 heteroatoms. The van der Waals surface area contributed by atoms with Gasteiger partial charge in [-0.3, -0.25) is 14.5 Å². The van der Waals surface area contributed by atoms with Gasteiger partial charge in [0.1, 0.15) is 21.9 Å². The summed E-state index contributed by atoms with van der Waals surface area (Å²) in [5.74, 6) is -2.75. The summed E-state index contributed by atoms with van der Waals surface area (Å²) in [5.41, 5.74) is 0.607. The molecule has 1 atom stereocenters. The van der Waals surface area contributed by atoms with Gasteiger partial charge in [-0.15, -0.1) is 0 Å². The van der Waals surface area contributed by atoms with Gasteiger partial charge in [-0.2, -0.15) is 0 Å². The number of halogens is 2. The number of amides is 1. The highest BCUT2D eigenvalue weighted by Gasteiger charge is 2.41. The van der Waals surface area contributed by atoms with Crippen molar-refractivity contribution in [2.24, 2.45) is 0 Å². The largest absolute Gasteiger partial charge is 0.481 e. The zero-order chi connectivity index (χ0) is 21.3. The van der Waals surface area contributed by atoms with Gasteiger partial charge in [0.05, 0.1) is 16.3 Å². The average Bonchev–Trinajstić information content (AvgIpc) is 3.18. The SMILES string of the molecule is O=C(O)CC(C(=O)O)N1C(=O)/C(=C/c2ccc(-c3ccc(Cl)cc3Cl)o2)SC1=S. The molecule has 1 aromatic heterocycles. The highest BCUT2D eigenvalue weighted by atomic mass is 35.5. The maximum absolute atomic E-state index is 12.6. The van der Waals surface area contributed by atoms with Crippen LogP contribution in [0.5, 0.6) is 0 Å². The first-order valence-corrected chi connectivity index (χ1v) is 9.92. The fourth-order valence-corrected chi connectivity index (χ4v) is 4.44. The number of benzene rings is 1. The Balaban J connectivity index is 1.87. The van der Waals surface area contributed by atoms with Crippen molar-refractivity contribution in [2.45, 2.75) is 12.5 Å². The molecular formula is C18H11Cl2NO6S2. The maximum atomic E-state index is 12.6. The Morgan fingerprint density at radius 3 is 2.59 bits per heavy atom. The summed E-state index contributed by atoms with van der Waals surface area (Å²) in [7, 11) is 0.